The van der Waals surface area contributed by atoms with Crippen LogP contribution in [0.2, 0.25) is 5.02 Å². The van der Waals surface area contributed by atoms with E-state index in [9.17, 15) is 9.59 Å². The van der Waals surface area contributed by atoms with Crippen LogP contribution in [0, 0.1) is 6.92 Å². The third-order valence-electron chi connectivity index (χ3n) is 5.64. The SMILES string of the molecule is Cc1ccc(C(=O)N2CCC3(CC2)SCCN3C(=O)c2ccc(Cl)cc2)cc1. The number of halogens is 1. The summed E-state index contributed by atoms with van der Waals surface area (Å²) in [5.74, 6) is 1.07. The molecule has 0 N–H and O–H groups in total. The molecule has 4 nitrogen and oxygen atoms in total. The molecule has 146 valence electrons. The van der Waals surface area contributed by atoms with E-state index in [2.05, 4.69) is 0 Å². The molecule has 0 unspecified atom stereocenters. The molecule has 2 amide bonds. The maximum atomic E-state index is 13.1. The molecule has 0 saturated carbocycles. The summed E-state index contributed by atoms with van der Waals surface area (Å²) in [6, 6.07) is 14.8. The van der Waals surface area contributed by atoms with Gasteiger partial charge in [-0.2, -0.15) is 0 Å². The highest BCUT2D eigenvalue weighted by molar-refractivity contribution is 8.00. The van der Waals surface area contributed by atoms with Crippen molar-refractivity contribution in [2.24, 2.45) is 0 Å². The van der Waals surface area contributed by atoms with Crippen molar-refractivity contribution >= 4 is 35.2 Å². The van der Waals surface area contributed by atoms with Crippen molar-refractivity contribution in [2.75, 3.05) is 25.4 Å². The highest BCUT2D eigenvalue weighted by Gasteiger charge is 2.47. The molecule has 6 heteroatoms. The Kier molecular flexibility index (Phi) is 5.39. The van der Waals surface area contributed by atoms with E-state index >= 15 is 0 Å². The molecule has 28 heavy (non-hydrogen) atoms. The lowest BCUT2D eigenvalue weighted by atomic mass is 10.00. The van der Waals surface area contributed by atoms with Gasteiger partial charge in [-0.25, -0.2) is 0 Å². The highest BCUT2D eigenvalue weighted by Crippen LogP contribution is 2.44. The van der Waals surface area contributed by atoms with Gasteiger partial charge in [0.15, 0.2) is 0 Å². The van der Waals surface area contributed by atoms with E-state index in [0.29, 0.717) is 23.7 Å². The smallest absolute Gasteiger partial charge is 0.254 e. The third kappa shape index (κ3) is 3.65. The van der Waals surface area contributed by atoms with E-state index in [-0.39, 0.29) is 16.7 Å². The van der Waals surface area contributed by atoms with Gasteiger partial charge in [-0.1, -0.05) is 29.3 Å². The van der Waals surface area contributed by atoms with Crippen LogP contribution >= 0.6 is 23.4 Å². The molecule has 4 rings (SSSR count). The van der Waals surface area contributed by atoms with Gasteiger partial charge in [-0.3, -0.25) is 9.59 Å². The first-order valence-corrected chi connectivity index (χ1v) is 10.9. The average Bonchev–Trinajstić information content (AvgIpc) is 3.11. The van der Waals surface area contributed by atoms with E-state index in [1.807, 2.05) is 52.8 Å². The predicted octanol–water partition coefficient (Wildman–Crippen LogP) is 4.47. The summed E-state index contributed by atoms with van der Waals surface area (Å²) in [7, 11) is 0. The number of hydrogen-bond acceptors (Lipinski definition) is 3. The fraction of sp³-hybridized carbons (Fsp3) is 0.364. The van der Waals surface area contributed by atoms with Crippen molar-refractivity contribution in [1.29, 1.82) is 0 Å². The lowest BCUT2D eigenvalue weighted by molar-refractivity contribution is 0.0498. The van der Waals surface area contributed by atoms with Crippen molar-refractivity contribution in [3.05, 3.63) is 70.2 Å². The first-order chi connectivity index (χ1) is 13.5. The van der Waals surface area contributed by atoms with Gasteiger partial charge >= 0.3 is 0 Å². The standard InChI is InChI=1S/C22H23ClN2O2S/c1-16-2-4-17(5-3-16)20(26)24-12-10-22(11-13-24)25(14-15-28-22)21(27)18-6-8-19(23)9-7-18/h2-9H,10-15H2,1H3. The molecule has 2 aliphatic rings. The van der Waals surface area contributed by atoms with Crippen LogP contribution in [0.1, 0.15) is 39.1 Å². The molecule has 0 aromatic heterocycles. The van der Waals surface area contributed by atoms with Gasteiger partial charge in [-0.15, -0.1) is 11.8 Å². The molecule has 0 bridgehead atoms. The summed E-state index contributed by atoms with van der Waals surface area (Å²) < 4.78 is 0. The van der Waals surface area contributed by atoms with Gasteiger partial charge in [-0.05, 0) is 56.2 Å². The van der Waals surface area contributed by atoms with E-state index in [1.54, 1.807) is 24.3 Å². The van der Waals surface area contributed by atoms with Crippen molar-refractivity contribution < 1.29 is 9.59 Å². The number of carbonyl (C=O) groups excluding carboxylic acids is 2. The molecule has 0 radical (unpaired) electrons. The molecule has 2 aromatic rings. The normalized spacial score (nSPS) is 18.5. The Balaban J connectivity index is 1.46. The van der Waals surface area contributed by atoms with Crippen LogP contribution in [0.25, 0.3) is 0 Å². The van der Waals surface area contributed by atoms with Crippen LogP contribution < -0.4 is 0 Å². The zero-order chi connectivity index (χ0) is 19.7. The Morgan fingerprint density at radius 1 is 0.893 bits per heavy atom. The average molecular weight is 415 g/mol. The van der Waals surface area contributed by atoms with Crippen LogP contribution in [0.4, 0.5) is 0 Å². The second-order valence-electron chi connectivity index (χ2n) is 7.42. The van der Waals surface area contributed by atoms with Crippen molar-refractivity contribution in [3.63, 3.8) is 0 Å². The number of piperidine rings is 1. The Labute approximate surface area is 174 Å². The number of likely N-dealkylation sites (tertiary alicyclic amines) is 1. The van der Waals surface area contributed by atoms with Crippen LogP contribution in [0.5, 0.6) is 0 Å². The molecular formula is C22H23ClN2O2S. The fourth-order valence-electron chi connectivity index (χ4n) is 4.00. The van der Waals surface area contributed by atoms with Gasteiger partial charge in [0.1, 0.15) is 0 Å². The summed E-state index contributed by atoms with van der Waals surface area (Å²) in [4.78, 5) is 29.6. The minimum atomic E-state index is -0.208. The van der Waals surface area contributed by atoms with Gasteiger partial charge in [0, 0.05) is 41.5 Å². The summed E-state index contributed by atoms with van der Waals surface area (Å²) in [6.07, 6.45) is 1.60. The topological polar surface area (TPSA) is 40.6 Å². The Morgan fingerprint density at radius 2 is 1.46 bits per heavy atom. The van der Waals surface area contributed by atoms with Crippen molar-refractivity contribution in [3.8, 4) is 0 Å². The minimum Gasteiger partial charge on any atom is -0.338 e. The summed E-state index contributed by atoms with van der Waals surface area (Å²) in [5.41, 5.74) is 2.55. The molecule has 0 aliphatic carbocycles. The van der Waals surface area contributed by atoms with E-state index in [0.717, 1.165) is 36.3 Å². The van der Waals surface area contributed by atoms with E-state index in [1.165, 1.54) is 0 Å². The van der Waals surface area contributed by atoms with Crippen LogP contribution in [0.15, 0.2) is 48.5 Å². The Bertz CT molecular complexity index is 874. The molecule has 2 heterocycles. The van der Waals surface area contributed by atoms with E-state index in [4.69, 9.17) is 11.6 Å². The van der Waals surface area contributed by atoms with E-state index < -0.39 is 0 Å². The molecule has 2 aliphatic heterocycles. The van der Waals surface area contributed by atoms with Crippen molar-refractivity contribution in [1.82, 2.24) is 9.80 Å². The second-order valence-corrected chi connectivity index (χ2v) is 9.31. The number of amides is 2. The first-order valence-electron chi connectivity index (χ1n) is 9.56. The van der Waals surface area contributed by atoms with Gasteiger partial charge in [0.2, 0.25) is 0 Å². The largest absolute Gasteiger partial charge is 0.338 e. The summed E-state index contributed by atoms with van der Waals surface area (Å²) in [5, 5.41) is 0.630. The number of thioether (sulfide) groups is 1. The number of carbonyl (C=O) groups is 2. The Hall–Kier alpha value is -1.98. The number of nitrogens with zero attached hydrogens (tertiary/aromatic N) is 2. The predicted molar refractivity (Wildman–Crippen MR) is 114 cm³/mol. The number of rotatable bonds is 2. The first kappa shape index (κ1) is 19.3. The minimum absolute atomic E-state index is 0.0555. The maximum Gasteiger partial charge on any atom is 0.254 e. The monoisotopic (exact) mass is 414 g/mol. The number of aryl methyl sites for hydroxylation is 1. The molecular weight excluding hydrogens is 392 g/mol. The molecule has 0 atom stereocenters. The lowest BCUT2D eigenvalue weighted by Gasteiger charge is -2.44. The van der Waals surface area contributed by atoms with Crippen LogP contribution in [-0.2, 0) is 0 Å². The fourth-order valence-corrected chi connectivity index (χ4v) is 5.58. The van der Waals surface area contributed by atoms with Crippen LogP contribution in [-0.4, -0.2) is 51.9 Å². The Morgan fingerprint density at radius 3 is 2.11 bits per heavy atom. The quantitative estimate of drug-likeness (QED) is 0.727. The second kappa shape index (κ2) is 7.80. The molecule has 2 fully saturated rings. The maximum absolute atomic E-state index is 13.1. The third-order valence-corrected chi connectivity index (χ3v) is 7.45. The molecule has 1 spiro atoms. The lowest BCUT2D eigenvalue weighted by Crippen LogP contribution is -2.53. The van der Waals surface area contributed by atoms with Gasteiger partial charge in [0.25, 0.3) is 11.8 Å². The summed E-state index contributed by atoms with van der Waals surface area (Å²) >= 11 is 7.81. The molecule has 2 aromatic carbocycles. The number of hydrogen-bond donors (Lipinski definition) is 0. The van der Waals surface area contributed by atoms with Gasteiger partial charge < -0.3 is 9.80 Å². The summed E-state index contributed by atoms with van der Waals surface area (Å²) in [6.45, 7) is 4.11. The highest BCUT2D eigenvalue weighted by atomic mass is 35.5. The van der Waals surface area contributed by atoms with Crippen molar-refractivity contribution in [2.45, 2.75) is 24.6 Å². The zero-order valence-corrected chi connectivity index (χ0v) is 17.4. The number of benzene rings is 2. The zero-order valence-electron chi connectivity index (χ0n) is 15.9. The molecule has 2 saturated heterocycles. The van der Waals surface area contributed by atoms with Gasteiger partial charge in [0.05, 0.1) is 4.87 Å². The van der Waals surface area contributed by atoms with Crippen LogP contribution in [0.3, 0.4) is 0 Å².